The lowest BCUT2D eigenvalue weighted by Crippen LogP contribution is -2.12. The molecule has 2 aromatic carbocycles. The number of rotatable bonds is 5. The molecule has 0 radical (unpaired) electrons. The highest BCUT2D eigenvalue weighted by Gasteiger charge is 2.13. The Hall–Kier alpha value is -1.19. The first-order valence-electron chi connectivity index (χ1n) is 5.95. The topological polar surface area (TPSA) is 9.23 Å². The van der Waals surface area contributed by atoms with Crippen molar-refractivity contribution in [3.63, 3.8) is 0 Å². The highest BCUT2D eigenvalue weighted by Crippen LogP contribution is 2.28. The number of benzene rings is 2. The number of para-hydroxylation sites is 1. The SMILES string of the molecule is Fc1cccc(Cl)c1OCC(CS)c1ccccc1. The summed E-state index contributed by atoms with van der Waals surface area (Å²) in [5.41, 5.74) is 1.12. The molecule has 4 heteroatoms. The Morgan fingerprint density at radius 2 is 1.84 bits per heavy atom. The average molecular weight is 297 g/mol. The third-order valence-electron chi connectivity index (χ3n) is 2.84. The van der Waals surface area contributed by atoms with Crippen LogP contribution in [0.1, 0.15) is 11.5 Å². The number of hydrogen-bond acceptors (Lipinski definition) is 2. The Kier molecular flexibility index (Phi) is 5.11. The zero-order chi connectivity index (χ0) is 13.7. The van der Waals surface area contributed by atoms with E-state index in [1.165, 1.54) is 6.07 Å². The van der Waals surface area contributed by atoms with Gasteiger partial charge in [0.2, 0.25) is 0 Å². The second-order valence-corrected chi connectivity index (χ2v) is 4.92. The van der Waals surface area contributed by atoms with E-state index in [4.69, 9.17) is 16.3 Å². The standard InChI is InChI=1S/C15H14ClFOS/c16-13-7-4-8-14(17)15(13)18-9-12(10-19)11-5-2-1-3-6-11/h1-8,12,19H,9-10H2. The van der Waals surface area contributed by atoms with Crippen LogP contribution < -0.4 is 4.74 Å². The van der Waals surface area contributed by atoms with Gasteiger partial charge in [0.15, 0.2) is 11.6 Å². The maximum absolute atomic E-state index is 13.6. The van der Waals surface area contributed by atoms with Crippen LogP contribution in [0.25, 0.3) is 0 Å². The van der Waals surface area contributed by atoms with E-state index in [1.54, 1.807) is 12.1 Å². The van der Waals surface area contributed by atoms with Gasteiger partial charge < -0.3 is 4.74 Å². The minimum atomic E-state index is -0.446. The Labute approximate surface area is 122 Å². The van der Waals surface area contributed by atoms with Gasteiger partial charge in [-0.2, -0.15) is 12.6 Å². The molecule has 2 rings (SSSR count). The first kappa shape index (κ1) is 14.2. The summed E-state index contributed by atoms with van der Waals surface area (Å²) in [4.78, 5) is 0. The Morgan fingerprint density at radius 1 is 1.11 bits per heavy atom. The fraction of sp³-hybridized carbons (Fsp3) is 0.200. The Balaban J connectivity index is 2.09. The molecule has 0 fully saturated rings. The zero-order valence-electron chi connectivity index (χ0n) is 10.2. The summed E-state index contributed by atoms with van der Waals surface area (Å²) in [5.74, 6) is 0.376. The molecule has 1 atom stereocenters. The summed E-state index contributed by atoms with van der Waals surface area (Å²) in [5, 5.41) is 0.283. The quantitative estimate of drug-likeness (QED) is 0.795. The second-order valence-electron chi connectivity index (χ2n) is 4.15. The van der Waals surface area contributed by atoms with E-state index in [-0.39, 0.29) is 16.7 Å². The van der Waals surface area contributed by atoms with Crippen LogP contribution in [0, 0.1) is 5.82 Å². The number of ether oxygens (including phenoxy) is 1. The molecule has 19 heavy (non-hydrogen) atoms. The Morgan fingerprint density at radius 3 is 2.47 bits per heavy atom. The molecule has 0 saturated heterocycles. The monoisotopic (exact) mass is 296 g/mol. The van der Waals surface area contributed by atoms with Gasteiger partial charge in [0.1, 0.15) is 0 Å². The molecule has 2 aromatic rings. The van der Waals surface area contributed by atoms with E-state index < -0.39 is 5.82 Å². The van der Waals surface area contributed by atoms with E-state index in [0.717, 1.165) is 5.56 Å². The number of halogens is 2. The summed E-state index contributed by atoms with van der Waals surface area (Å²) < 4.78 is 19.1. The van der Waals surface area contributed by atoms with E-state index in [1.807, 2.05) is 30.3 Å². The zero-order valence-corrected chi connectivity index (χ0v) is 11.9. The van der Waals surface area contributed by atoms with E-state index >= 15 is 0 Å². The van der Waals surface area contributed by atoms with Crippen LogP contribution in [0.2, 0.25) is 5.02 Å². The largest absolute Gasteiger partial charge is 0.488 e. The van der Waals surface area contributed by atoms with Crippen molar-refractivity contribution in [2.75, 3.05) is 12.4 Å². The van der Waals surface area contributed by atoms with Crippen molar-refractivity contribution in [2.45, 2.75) is 5.92 Å². The smallest absolute Gasteiger partial charge is 0.173 e. The fourth-order valence-corrected chi connectivity index (χ4v) is 2.32. The first-order valence-corrected chi connectivity index (χ1v) is 6.96. The third kappa shape index (κ3) is 3.64. The van der Waals surface area contributed by atoms with Crippen LogP contribution >= 0.6 is 24.2 Å². The molecule has 0 bridgehead atoms. The van der Waals surface area contributed by atoms with Gasteiger partial charge in [-0.3, -0.25) is 0 Å². The van der Waals surface area contributed by atoms with E-state index in [2.05, 4.69) is 12.6 Å². The van der Waals surface area contributed by atoms with Gasteiger partial charge in [-0.15, -0.1) is 0 Å². The van der Waals surface area contributed by atoms with Crippen LogP contribution in [0.5, 0.6) is 5.75 Å². The molecule has 0 N–H and O–H groups in total. The summed E-state index contributed by atoms with van der Waals surface area (Å²) >= 11 is 10.2. The number of hydrogen-bond donors (Lipinski definition) is 1. The predicted molar refractivity (Wildman–Crippen MR) is 79.9 cm³/mol. The van der Waals surface area contributed by atoms with Gasteiger partial charge in [-0.05, 0) is 17.7 Å². The van der Waals surface area contributed by atoms with Crippen LogP contribution in [0.3, 0.4) is 0 Å². The van der Waals surface area contributed by atoms with Gasteiger partial charge >= 0.3 is 0 Å². The molecule has 0 aliphatic heterocycles. The Bertz CT molecular complexity index is 513. The number of thiol groups is 1. The normalized spacial score (nSPS) is 12.2. The van der Waals surface area contributed by atoms with E-state index in [0.29, 0.717) is 12.4 Å². The van der Waals surface area contributed by atoms with Gasteiger partial charge in [-0.25, -0.2) is 4.39 Å². The lowest BCUT2D eigenvalue weighted by Gasteiger charge is -2.17. The minimum absolute atomic E-state index is 0.0974. The van der Waals surface area contributed by atoms with Gasteiger partial charge in [0.05, 0.1) is 11.6 Å². The maximum atomic E-state index is 13.6. The van der Waals surface area contributed by atoms with Crippen molar-refractivity contribution in [3.05, 3.63) is 64.9 Å². The van der Waals surface area contributed by atoms with Crippen LogP contribution in [0.15, 0.2) is 48.5 Å². The lowest BCUT2D eigenvalue weighted by atomic mass is 10.0. The fourth-order valence-electron chi connectivity index (χ4n) is 1.78. The maximum Gasteiger partial charge on any atom is 0.173 e. The second kappa shape index (κ2) is 6.83. The minimum Gasteiger partial charge on any atom is -0.488 e. The third-order valence-corrected chi connectivity index (χ3v) is 3.58. The van der Waals surface area contributed by atoms with Gasteiger partial charge in [-0.1, -0.05) is 48.0 Å². The summed E-state index contributed by atoms with van der Waals surface area (Å²) in [7, 11) is 0. The van der Waals surface area contributed by atoms with Crippen LogP contribution in [0.4, 0.5) is 4.39 Å². The molecule has 0 heterocycles. The molecule has 1 nitrogen and oxygen atoms in total. The van der Waals surface area contributed by atoms with Gasteiger partial charge in [0, 0.05) is 11.7 Å². The molecule has 1 unspecified atom stereocenters. The summed E-state index contributed by atoms with van der Waals surface area (Å²) in [6.07, 6.45) is 0. The molecule has 0 spiro atoms. The van der Waals surface area contributed by atoms with Crippen molar-refractivity contribution in [1.82, 2.24) is 0 Å². The molecule has 0 saturated carbocycles. The van der Waals surface area contributed by atoms with Crippen LogP contribution in [-0.4, -0.2) is 12.4 Å². The van der Waals surface area contributed by atoms with Crippen LogP contribution in [-0.2, 0) is 0 Å². The molecular formula is C15H14ClFOS. The van der Waals surface area contributed by atoms with Crippen molar-refractivity contribution >= 4 is 24.2 Å². The molecular weight excluding hydrogens is 283 g/mol. The van der Waals surface area contributed by atoms with Crippen molar-refractivity contribution in [3.8, 4) is 5.75 Å². The highest BCUT2D eigenvalue weighted by molar-refractivity contribution is 7.80. The molecule has 0 aliphatic carbocycles. The summed E-state index contributed by atoms with van der Waals surface area (Å²) in [6.45, 7) is 0.341. The van der Waals surface area contributed by atoms with E-state index in [9.17, 15) is 4.39 Å². The van der Waals surface area contributed by atoms with Crippen molar-refractivity contribution < 1.29 is 9.13 Å². The average Bonchev–Trinajstić information content (AvgIpc) is 2.43. The summed E-state index contributed by atoms with van der Waals surface area (Å²) in [6, 6.07) is 14.4. The van der Waals surface area contributed by atoms with Crippen molar-refractivity contribution in [1.29, 1.82) is 0 Å². The lowest BCUT2D eigenvalue weighted by molar-refractivity contribution is 0.284. The molecule has 0 aliphatic rings. The molecule has 0 amide bonds. The first-order chi connectivity index (χ1) is 9.22. The molecule has 0 aromatic heterocycles. The van der Waals surface area contributed by atoms with Gasteiger partial charge in [0.25, 0.3) is 0 Å². The predicted octanol–water partition coefficient (Wildman–Crippen LogP) is 4.57. The van der Waals surface area contributed by atoms with Crippen molar-refractivity contribution in [2.24, 2.45) is 0 Å². The highest BCUT2D eigenvalue weighted by atomic mass is 35.5. The molecule has 100 valence electrons.